The molecule has 3 aliphatic rings. The van der Waals surface area contributed by atoms with Crippen LogP contribution in [0.4, 0.5) is 5.69 Å². The van der Waals surface area contributed by atoms with Crippen molar-refractivity contribution in [2.45, 2.75) is 88.9 Å². The third kappa shape index (κ3) is 5.62. The predicted molar refractivity (Wildman–Crippen MR) is 132 cm³/mol. The second kappa shape index (κ2) is 11.5. The number of likely N-dealkylation sites (tertiary alicyclic amines) is 1. The van der Waals surface area contributed by atoms with Crippen LogP contribution in [0.3, 0.4) is 0 Å². The summed E-state index contributed by atoms with van der Waals surface area (Å²) in [5.74, 6) is 0.510. The molecule has 182 valence electrons. The number of para-hydroxylation sites is 1. The molecular weight excluding hydrogens is 412 g/mol. The minimum absolute atomic E-state index is 0.000114. The average molecular weight is 455 g/mol. The van der Waals surface area contributed by atoms with Crippen LogP contribution in [-0.2, 0) is 19.7 Å². The van der Waals surface area contributed by atoms with E-state index in [1.165, 1.54) is 84.3 Å². The van der Waals surface area contributed by atoms with Gasteiger partial charge in [-0.1, -0.05) is 76.0 Å². The van der Waals surface area contributed by atoms with E-state index in [1.54, 1.807) is 4.90 Å². The SMILES string of the molecule is COC(=O)CN1C(=O)C2(CCN(CC3CCCCCCCCCCC3)CC2)c2ccccc21. The first-order chi connectivity index (χ1) is 16.1. The molecule has 1 aliphatic carbocycles. The molecule has 0 N–H and O–H groups in total. The molecule has 0 atom stereocenters. The second-order valence-corrected chi connectivity index (χ2v) is 10.5. The molecule has 2 heterocycles. The van der Waals surface area contributed by atoms with Crippen molar-refractivity contribution in [1.82, 2.24) is 4.90 Å². The normalized spacial score (nSPS) is 23.1. The number of rotatable bonds is 4. The van der Waals surface area contributed by atoms with Gasteiger partial charge < -0.3 is 14.5 Å². The number of piperidine rings is 1. The second-order valence-electron chi connectivity index (χ2n) is 10.5. The van der Waals surface area contributed by atoms with Crippen molar-refractivity contribution in [2.24, 2.45) is 5.92 Å². The molecular formula is C28H42N2O3. The molecule has 1 amide bonds. The van der Waals surface area contributed by atoms with Gasteiger partial charge in [0.25, 0.3) is 0 Å². The van der Waals surface area contributed by atoms with E-state index in [-0.39, 0.29) is 18.4 Å². The van der Waals surface area contributed by atoms with E-state index in [9.17, 15) is 9.59 Å². The Morgan fingerprint density at radius 2 is 1.52 bits per heavy atom. The highest BCUT2D eigenvalue weighted by atomic mass is 16.5. The Labute approximate surface area is 199 Å². The number of hydrogen-bond acceptors (Lipinski definition) is 4. The van der Waals surface area contributed by atoms with Gasteiger partial charge in [0.2, 0.25) is 5.91 Å². The minimum Gasteiger partial charge on any atom is -0.468 e. The zero-order chi connectivity index (χ0) is 23.1. The third-order valence-electron chi connectivity index (χ3n) is 8.33. The third-order valence-corrected chi connectivity index (χ3v) is 8.33. The summed E-state index contributed by atoms with van der Waals surface area (Å²) in [5.41, 5.74) is 1.51. The monoisotopic (exact) mass is 454 g/mol. The standard InChI is InChI=1S/C28H42N2O3/c1-33-26(31)22-30-25-16-12-11-15-24(25)28(27(30)32)17-19-29(20-18-28)21-23-13-9-7-5-3-2-4-6-8-10-14-23/h11-12,15-16,23H,2-10,13-14,17-22H2,1H3. The van der Waals surface area contributed by atoms with E-state index in [0.29, 0.717) is 0 Å². The van der Waals surface area contributed by atoms with Gasteiger partial charge in [0.05, 0.1) is 12.5 Å². The van der Waals surface area contributed by atoms with Crippen molar-refractivity contribution >= 4 is 17.6 Å². The van der Waals surface area contributed by atoms with Crippen LogP contribution in [0.2, 0.25) is 0 Å². The molecule has 5 heteroatoms. The molecule has 5 nitrogen and oxygen atoms in total. The minimum atomic E-state index is -0.479. The number of carbonyl (C=O) groups excluding carboxylic acids is 2. The fourth-order valence-electron chi connectivity index (χ4n) is 6.34. The van der Waals surface area contributed by atoms with Crippen LogP contribution >= 0.6 is 0 Å². The highest BCUT2D eigenvalue weighted by Crippen LogP contribution is 2.48. The largest absolute Gasteiger partial charge is 0.468 e. The molecule has 2 fully saturated rings. The maximum absolute atomic E-state index is 13.6. The van der Waals surface area contributed by atoms with Crippen molar-refractivity contribution in [3.8, 4) is 0 Å². The summed E-state index contributed by atoms with van der Waals surface area (Å²) in [6.07, 6.45) is 17.0. The Morgan fingerprint density at radius 1 is 0.939 bits per heavy atom. The number of methoxy groups -OCH3 is 1. The van der Waals surface area contributed by atoms with Gasteiger partial charge in [0.15, 0.2) is 0 Å². The topological polar surface area (TPSA) is 49.9 Å². The Kier molecular flexibility index (Phi) is 8.45. The molecule has 2 aliphatic heterocycles. The first kappa shape index (κ1) is 24.3. The van der Waals surface area contributed by atoms with E-state index in [1.807, 2.05) is 18.2 Å². The van der Waals surface area contributed by atoms with Gasteiger partial charge in [-0.3, -0.25) is 9.59 Å². The van der Waals surface area contributed by atoms with Gasteiger partial charge in [-0.05, 0) is 56.3 Å². The van der Waals surface area contributed by atoms with Gasteiger partial charge in [-0.15, -0.1) is 0 Å². The summed E-state index contributed by atoms with van der Waals surface area (Å²) in [6, 6.07) is 8.04. The lowest BCUT2D eigenvalue weighted by Crippen LogP contribution is -2.50. The molecule has 0 aromatic heterocycles. The van der Waals surface area contributed by atoms with Crippen molar-refractivity contribution in [3.05, 3.63) is 29.8 Å². The van der Waals surface area contributed by atoms with E-state index in [0.717, 1.165) is 43.1 Å². The summed E-state index contributed by atoms with van der Waals surface area (Å²) in [6.45, 7) is 3.10. The Hall–Kier alpha value is -1.88. The molecule has 4 rings (SSSR count). The van der Waals surface area contributed by atoms with Crippen molar-refractivity contribution in [1.29, 1.82) is 0 Å². The average Bonchev–Trinajstić information content (AvgIpc) is 3.05. The molecule has 0 radical (unpaired) electrons. The van der Waals surface area contributed by atoms with Crippen molar-refractivity contribution in [2.75, 3.05) is 38.2 Å². The number of carbonyl (C=O) groups is 2. The molecule has 1 aromatic carbocycles. The highest BCUT2D eigenvalue weighted by molar-refractivity contribution is 6.10. The van der Waals surface area contributed by atoms with Crippen molar-refractivity contribution in [3.63, 3.8) is 0 Å². The zero-order valence-corrected chi connectivity index (χ0v) is 20.5. The molecule has 1 spiro atoms. The summed E-state index contributed by atoms with van der Waals surface area (Å²) >= 11 is 0. The van der Waals surface area contributed by atoms with Crippen LogP contribution in [-0.4, -0.2) is 50.1 Å². The molecule has 0 bridgehead atoms. The smallest absolute Gasteiger partial charge is 0.325 e. The number of anilines is 1. The summed E-state index contributed by atoms with van der Waals surface area (Å²) in [4.78, 5) is 29.9. The van der Waals surface area contributed by atoms with Crippen LogP contribution in [0.1, 0.15) is 89.0 Å². The summed E-state index contributed by atoms with van der Waals surface area (Å²) in [7, 11) is 1.38. The maximum atomic E-state index is 13.6. The number of fused-ring (bicyclic) bond motifs is 2. The van der Waals surface area contributed by atoms with Gasteiger partial charge in [0, 0.05) is 12.2 Å². The number of esters is 1. The molecule has 1 saturated heterocycles. The lowest BCUT2D eigenvalue weighted by atomic mass is 9.73. The van der Waals surface area contributed by atoms with Crippen LogP contribution < -0.4 is 4.90 Å². The number of amides is 1. The van der Waals surface area contributed by atoms with Crippen LogP contribution in [0.5, 0.6) is 0 Å². The van der Waals surface area contributed by atoms with Gasteiger partial charge in [-0.2, -0.15) is 0 Å². The van der Waals surface area contributed by atoms with Crippen LogP contribution in [0, 0.1) is 5.92 Å². The maximum Gasteiger partial charge on any atom is 0.325 e. The quantitative estimate of drug-likeness (QED) is 0.567. The molecule has 1 saturated carbocycles. The number of hydrogen-bond donors (Lipinski definition) is 0. The lowest BCUT2D eigenvalue weighted by Gasteiger charge is -2.40. The van der Waals surface area contributed by atoms with Gasteiger partial charge in [0.1, 0.15) is 6.54 Å². The van der Waals surface area contributed by atoms with Gasteiger partial charge >= 0.3 is 5.97 Å². The number of ether oxygens (including phenoxy) is 1. The fraction of sp³-hybridized carbons (Fsp3) is 0.714. The molecule has 1 aromatic rings. The van der Waals surface area contributed by atoms with Crippen molar-refractivity contribution < 1.29 is 14.3 Å². The summed E-state index contributed by atoms with van der Waals surface area (Å²) in [5, 5.41) is 0. The van der Waals surface area contributed by atoms with E-state index in [2.05, 4.69) is 11.0 Å². The first-order valence-corrected chi connectivity index (χ1v) is 13.3. The summed E-state index contributed by atoms with van der Waals surface area (Å²) < 4.78 is 4.86. The Morgan fingerprint density at radius 3 is 2.12 bits per heavy atom. The zero-order valence-electron chi connectivity index (χ0n) is 20.5. The van der Waals surface area contributed by atoms with Gasteiger partial charge in [-0.25, -0.2) is 0 Å². The molecule has 33 heavy (non-hydrogen) atoms. The van der Waals surface area contributed by atoms with Crippen LogP contribution in [0.25, 0.3) is 0 Å². The lowest BCUT2D eigenvalue weighted by molar-refractivity contribution is -0.140. The number of benzene rings is 1. The number of nitrogens with zero attached hydrogens (tertiary/aromatic N) is 2. The molecule has 0 unspecified atom stereocenters. The Bertz CT molecular complexity index is 788. The van der Waals surface area contributed by atoms with E-state index < -0.39 is 5.41 Å². The van der Waals surface area contributed by atoms with E-state index >= 15 is 0 Å². The van der Waals surface area contributed by atoms with E-state index in [4.69, 9.17) is 4.74 Å². The predicted octanol–water partition coefficient (Wildman–Crippen LogP) is 5.46. The highest BCUT2D eigenvalue weighted by Gasteiger charge is 2.52. The van der Waals surface area contributed by atoms with Crippen LogP contribution in [0.15, 0.2) is 24.3 Å². The first-order valence-electron chi connectivity index (χ1n) is 13.3. The fourth-order valence-corrected chi connectivity index (χ4v) is 6.34. The Balaban J connectivity index is 1.38.